The zero-order valence-electron chi connectivity index (χ0n) is 19.8. The molecule has 194 valence electrons. The zero-order valence-corrected chi connectivity index (χ0v) is 22.2. The van der Waals surface area contributed by atoms with Crippen LogP contribution in [0.3, 0.4) is 0 Å². The number of benzene rings is 3. The van der Waals surface area contributed by atoms with Gasteiger partial charge in [0.05, 0.1) is 23.5 Å². The Morgan fingerprint density at radius 1 is 0.974 bits per heavy atom. The number of nitrogens with zero attached hydrogens (tertiary/aromatic N) is 1. The van der Waals surface area contributed by atoms with E-state index >= 15 is 0 Å². The maximum atomic E-state index is 12.8. The molecule has 5 rings (SSSR count). The highest BCUT2D eigenvalue weighted by Crippen LogP contribution is 2.39. The van der Waals surface area contributed by atoms with Crippen molar-refractivity contribution in [1.82, 2.24) is 4.90 Å². The second-order valence-corrected chi connectivity index (χ2v) is 11.7. The summed E-state index contributed by atoms with van der Waals surface area (Å²) in [6.45, 7) is 0.382. The fourth-order valence-corrected chi connectivity index (χ4v) is 6.30. The van der Waals surface area contributed by atoms with Crippen molar-refractivity contribution in [1.29, 1.82) is 0 Å². The maximum Gasteiger partial charge on any atom is 0.261 e. The highest BCUT2D eigenvalue weighted by molar-refractivity contribution is 8.00. The molecule has 8 nitrogen and oxygen atoms in total. The van der Waals surface area contributed by atoms with Crippen LogP contribution in [0.2, 0.25) is 5.02 Å². The Bertz CT molecular complexity index is 1540. The minimum atomic E-state index is -3.80. The monoisotopic (exact) mass is 567 g/mol. The first-order valence-corrected chi connectivity index (χ1v) is 14.4. The zero-order chi connectivity index (χ0) is 26.7. The number of anilines is 2. The molecule has 38 heavy (non-hydrogen) atoms. The molecule has 0 aliphatic carbocycles. The van der Waals surface area contributed by atoms with E-state index in [2.05, 4.69) is 10.0 Å². The summed E-state index contributed by atoms with van der Waals surface area (Å²) in [6, 6.07) is 22.9. The van der Waals surface area contributed by atoms with E-state index in [1.807, 2.05) is 18.2 Å². The van der Waals surface area contributed by atoms with Gasteiger partial charge in [-0.3, -0.25) is 14.3 Å². The number of carbonyl (C=O) groups excluding carboxylic acids is 2. The minimum Gasteiger partial charge on any atom is -0.467 e. The van der Waals surface area contributed by atoms with Gasteiger partial charge in [0.15, 0.2) is 0 Å². The highest BCUT2D eigenvalue weighted by atomic mass is 35.5. The molecule has 1 fully saturated rings. The van der Waals surface area contributed by atoms with Crippen molar-refractivity contribution in [2.75, 3.05) is 15.8 Å². The molecule has 0 bridgehead atoms. The smallest absolute Gasteiger partial charge is 0.261 e. The molecule has 2 heterocycles. The Labute approximate surface area is 229 Å². The number of thioether (sulfide) groups is 1. The lowest BCUT2D eigenvalue weighted by Crippen LogP contribution is -2.27. The Morgan fingerprint density at radius 2 is 1.66 bits per heavy atom. The van der Waals surface area contributed by atoms with Crippen molar-refractivity contribution in [2.24, 2.45) is 0 Å². The summed E-state index contributed by atoms with van der Waals surface area (Å²) in [5.74, 6) is 0.789. The number of rotatable bonds is 8. The molecule has 1 aromatic heterocycles. The molecule has 1 saturated heterocycles. The van der Waals surface area contributed by atoms with Crippen LogP contribution in [0, 0.1) is 0 Å². The van der Waals surface area contributed by atoms with E-state index in [0.717, 1.165) is 5.56 Å². The van der Waals surface area contributed by atoms with E-state index < -0.39 is 10.0 Å². The molecule has 2 amide bonds. The topological polar surface area (TPSA) is 109 Å². The Kier molecular flexibility index (Phi) is 7.46. The van der Waals surface area contributed by atoms with Gasteiger partial charge in [0, 0.05) is 22.0 Å². The molecule has 4 aromatic rings. The molecule has 1 aliphatic rings. The second-order valence-electron chi connectivity index (χ2n) is 8.48. The van der Waals surface area contributed by atoms with Crippen LogP contribution in [0.25, 0.3) is 0 Å². The standard InChI is InChI=1S/C27H22ClN3O5S2/c28-20-7-9-22(10-8-20)30-38(34,35)24-13-11-21(12-14-24)29-26(33)18-3-5-19(6-4-18)27-31(25(32)17-37-27)16-23-2-1-15-36-23/h1-15,27,30H,16-17H2,(H,29,33)/t27-/m0/s1. The van der Waals surface area contributed by atoms with Crippen LogP contribution in [-0.2, 0) is 21.4 Å². The van der Waals surface area contributed by atoms with Gasteiger partial charge in [0.1, 0.15) is 11.1 Å². The van der Waals surface area contributed by atoms with E-state index in [1.165, 1.54) is 36.0 Å². The summed E-state index contributed by atoms with van der Waals surface area (Å²) < 4.78 is 33.2. The van der Waals surface area contributed by atoms with Crippen LogP contribution in [-0.4, -0.2) is 30.9 Å². The molecular weight excluding hydrogens is 546 g/mol. The van der Waals surface area contributed by atoms with Crippen molar-refractivity contribution in [3.8, 4) is 0 Å². The van der Waals surface area contributed by atoms with Crippen LogP contribution in [0.5, 0.6) is 0 Å². The number of hydrogen-bond acceptors (Lipinski definition) is 6. The average Bonchev–Trinajstić information content (AvgIpc) is 3.56. The maximum absolute atomic E-state index is 12.8. The Balaban J connectivity index is 1.22. The lowest BCUT2D eigenvalue weighted by Gasteiger charge is -2.23. The van der Waals surface area contributed by atoms with E-state index in [0.29, 0.717) is 40.0 Å². The van der Waals surface area contributed by atoms with Crippen molar-refractivity contribution in [3.05, 3.63) is 113 Å². The van der Waals surface area contributed by atoms with Crippen LogP contribution in [0.1, 0.15) is 27.1 Å². The molecule has 0 radical (unpaired) electrons. The summed E-state index contributed by atoms with van der Waals surface area (Å²) in [4.78, 5) is 27.0. The van der Waals surface area contributed by atoms with Gasteiger partial charge in [-0.25, -0.2) is 8.42 Å². The molecule has 1 atom stereocenters. The second kappa shape index (κ2) is 10.9. The highest BCUT2D eigenvalue weighted by Gasteiger charge is 2.33. The number of halogens is 1. The van der Waals surface area contributed by atoms with Crippen LogP contribution < -0.4 is 10.0 Å². The SMILES string of the molecule is O=C(Nc1ccc(S(=O)(=O)Nc2ccc(Cl)cc2)cc1)c1ccc([C@@H]2SCC(=O)N2Cc2ccco2)cc1. The quantitative estimate of drug-likeness (QED) is 0.280. The number of amides is 2. The summed E-state index contributed by atoms with van der Waals surface area (Å²) in [7, 11) is -3.80. The predicted molar refractivity (Wildman–Crippen MR) is 148 cm³/mol. The van der Waals surface area contributed by atoms with Gasteiger partial charge >= 0.3 is 0 Å². The van der Waals surface area contributed by atoms with E-state index in [4.69, 9.17) is 16.0 Å². The molecule has 0 spiro atoms. The molecular formula is C27H22ClN3O5S2. The van der Waals surface area contributed by atoms with Gasteiger partial charge in [-0.1, -0.05) is 23.7 Å². The summed E-state index contributed by atoms with van der Waals surface area (Å²) in [5.41, 5.74) is 2.18. The van der Waals surface area contributed by atoms with Crippen molar-refractivity contribution in [3.63, 3.8) is 0 Å². The molecule has 2 N–H and O–H groups in total. The fraction of sp³-hybridized carbons (Fsp3) is 0.111. The number of carbonyl (C=O) groups is 2. The largest absolute Gasteiger partial charge is 0.467 e. The summed E-state index contributed by atoms with van der Waals surface area (Å²) in [5, 5.41) is 3.11. The van der Waals surface area contributed by atoms with Gasteiger partial charge in [-0.2, -0.15) is 0 Å². The lowest BCUT2D eigenvalue weighted by molar-refractivity contribution is -0.128. The first kappa shape index (κ1) is 25.9. The van der Waals surface area contributed by atoms with Gasteiger partial charge in [-0.05, 0) is 78.4 Å². The van der Waals surface area contributed by atoms with Gasteiger partial charge in [-0.15, -0.1) is 11.8 Å². The first-order chi connectivity index (χ1) is 18.3. The molecule has 0 saturated carbocycles. The van der Waals surface area contributed by atoms with Crippen molar-refractivity contribution < 1.29 is 22.4 Å². The lowest BCUT2D eigenvalue weighted by atomic mass is 10.1. The van der Waals surface area contributed by atoms with Gasteiger partial charge < -0.3 is 14.6 Å². The fourth-order valence-electron chi connectivity index (χ4n) is 3.92. The summed E-state index contributed by atoms with van der Waals surface area (Å²) in [6.07, 6.45) is 1.58. The van der Waals surface area contributed by atoms with E-state index in [1.54, 1.807) is 53.6 Å². The van der Waals surface area contributed by atoms with E-state index in [-0.39, 0.29) is 22.1 Å². The number of furan rings is 1. The van der Waals surface area contributed by atoms with Crippen LogP contribution in [0.15, 0.2) is 101 Å². The van der Waals surface area contributed by atoms with E-state index in [9.17, 15) is 18.0 Å². The summed E-state index contributed by atoms with van der Waals surface area (Å²) >= 11 is 7.37. The Hall–Kier alpha value is -3.73. The molecule has 1 aliphatic heterocycles. The third-order valence-electron chi connectivity index (χ3n) is 5.85. The molecule has 0 unspecified atom stereocenters. The number of nitrogens with one attached hydrogen (secondary N) is 2. The van der Waals surface area contributed by atoms with Gasteiger partial charge in [0.2, 0.25) is 5.91 Å². The van der Waals surface area contributed by atoms with Crippen LogP contribution in [0.4, 0.5) is 11.4 Å². The third-order valence-corrected chi connectivity index (χ3v) is 8.76. The number of sulfonamides is 1. The average molecular weight is 568 g/mol. The number of hydrogen-bond donors (Lipinski definition) is 2. The normalized spacial score (nSPS) is 15.4. The molecule has 11 heteroatoms. The first-order valence-electron chi connectivity index (χ1n) is 11.5. The van der Waals surface area contributed by atoms with Crippen molar-refractivity contribution >= 4 is 56.6 Å². The molecule has 3 aromatic carbocycles. The van der Waals surface area contributed by atoms with Crippen molar-refractivity contribution in [2.45, 2.75) is 16.8 Å². The van der Waals surface area contributed by atoms with Gasteiger partial charge in [0.25, 0.3) is 15.9 Å². The third kappa shape index (κ3) is 5.88. The minimum absolute atomic E-state index is 0.0343. The Morgan fingerprint density at radius 3 is 2.32 bits per heavy atom. The van der Waals surface area contributed by atoms with Crippen LogP contribution >= 0.6 is 23.4 Å². The predicted octanol–water partition coefficient (Wildman–Crippen LogP) is 5.76.